The smallest absolute Gasteiger partial charge is 0.408 e. The van der Waals surface area contributed by atoms with Crippen LogP contribution in [0.1, 0.15) is 26.3 Å². The van der Waals surface area contributed by atoms with Crippen LogP contribution in [0, 0.1) is 5.82 Å². The van der Waals surface area contributed by atoms with Gasteiger partial charge in [-0.3, -0.25) is 0 Å². The van der Waals surface area contributed by atoms with Crippen molar-refractivity contribution in [1.29, 1.82) is 0 Å². The van der Waals surface area contributed by atoms with E-state index in [-0.39, 0.29) is 6.42 Å². The van der Waals surface area contributed by atoms with Crippen molar-refractivity contribution in [3.05, 3.63) is 35.8 Å². The maximum Gasteiger partial charge on any atom is 0.408 e. The van der Waals surface area contributed by atoms with Crippen LogP contribution in [0.4, 0.5) is 9.18 Å². The van der Waals surface area contributed by atoms with Crippen molar-refractivity contribution in [2.24, 2.45) is 0 Å². The van der Waals surface area contributed by atoms with Crippen LogP contribution in [0.2, 0.25) is 0 Å². The van der Waals surface area contributed by atoms with Crippen molar-refractivity contribution in [2.45, 2.75) is 38.8 Å². The molecule has 0 aliphatic heterocycles. The monoisotopic (exact) mass is 322 g/mol. The zero-order valence-corrected chi connectivity index (χ0v) is 13.1. The molecular weight excluding hydrogens is 303 g/mol. The summed E-state index contributed by atoms with van der Waals surface area (Å²) < 4.78 is 18.4. The van der Waals surface area contributed by atoms with Gasteiger partial charge in [0.15, 0.2) is 0 Å². The Kier molecular flexibility index (Phi) is 4.58. The third-order valence-electron chi connectivity index (χ3n) is 3.14. The highest BCUT2D eigenvalue weighted by atomic mass is 19.1. The minimum Gasteiger partial charge on any atom is -0.480 e. The van der Waals surface area contributed by atoms with Gasteiger partial charge in [-0.1, -0.05) is 0 Å². The first kappa shape index (κ1) is 16.8. The summed E-state index contributed by atoms with van der Waals surface area (Å²) in [6.45, 7) is 5.06. The lowest BCUT2D eigenvalue weighted by Crippen LogP contribution is -2.44. The molecule has 2 aromatic rings. The lowest BCUT2D eigenvalue weighted by atomic mass is 10.1. The average molecular weight is 322 g/mol. The van der Waals surface area contributed by atoms with Gasteiger partial charge in [0.25, 0.3) is 0 Å². The van der Waals surface area contributed by atoms with E-state index in [0.717, 1.165) is 0 Å². The first-order chi connectivity index (χ1) is 10.7. The highest BCUT2D eigenvalue weighted by Gasteiger charge is 2.25. The maximum absolute atomic E-state index is 13.4. The number of amides is 1. The van der Waals surface area contributed by atoms with Gasteiger partial charge in [-0.2, -0.15) is 0 Å². The van der Waals surface area contributed by atoms with E-state index in [2.05, 4.69) is 10.3 Å². The Morgan fingerprint density at radius 3 is 2.70 bits per heavy atom. The molecule has 7 heteroatoms. The number of aromatic nitrogens is 1. The summed E-state index contributed by atoms with van der Waals surface area (Å²) in [5, 5.41) is 12.2. The topological polar surface area (TPSA) is 91.4 Å². The van der Waals surface area contributed by atoms with Crippen LogP contribution in [-0.4, -0.2) is 33.8 Å². The Balaban J connectivity index is 2.17. The van der Waals surface area contributed by atoms with Crippen molar-refractivity contribution in [3.63, 3.8) is 0 Å². The number of carbonyl (C=O) groups excluding carboxylic acids is 1. The summed E-state index contributed by atoms with van der Waals surface area (Å²) in [7, 11) is 0. The Morgan fingerprint density at radius 1 is 1.39 bits per heavy atom. The fourth-order valence-electron chi connectivity index (χ4n) is 2.19. The fourth-order valence-corrected chi connectivity index (χ4v) is 2.19. The molecule has 1 aromatic carbocycles. The number of benzene rings is 1. The summed E-state index contributed by atoms with van der Waals surface area (Å²) >= 11 is 0. The zero-order chi connectivity index (χ0) is 17.2. The molecule has 0 bridgehead atoms. The first-order valence-corrected chi connectivity index (χ1v) is 7.13. The number of carbonyl (C=O) groups is 2. The number of halogens is 1. The number of rotatable bonds is 4. The number of H-pyrrole nitrogens is 1. The lowest BCUT2D eigenvalue weighted by Gasteiger charge is -2.22. The quantitative estimate of drug-likeness (QED) is 0.807. The molecule has 1 aromatic heterocycles. The number of hydrogen-bond donors (Lipinski definition) is 3. The molecule has 3 N–H and O–H groups in total. The van der Waals surface area contributed by atoms with Gasteiger partial charge in [-0.25, -0.2) is 14.0 Å². The SMILES string of the molecule is CC(C)(C)OC(=O)N[C@@H](Cc1c[nH]c2ccc(F)cc12)C(=O)O. The van der Waals surface area contributed by atoms with Gasteiger partial charge in [0.05, 0.1) is 0 Å². The molecule has 1 atom stereocenters. The number of hydrogen-bond acceptors (Lipinski definition) is 3. The van der Waals surface area contributed by atoms with Gasteiger partial charge in [-0.15, -0.1) is 0 Å². The largest absolute Gasteiger partial charge is 0.480 e. The number of nitrogens with one attached hydrogen (secondary N) is 2. The first-order valence-electron chi connectivity index (χ1n) is 7.13. The predicted octanol–water partition coefficient (Wildman–Crippen LogP) is 2.83. The second kappa shape index (κ2) is 6.28. The molecule has 0 spiro atoms. The highest BCUT2D eigenvalue weighted by Crippen LogP contribution is 2.21. The van der Waals surface area contributed by atoms with E-state index < -0.39 is 29.5 Å². The summed E-state index contributed by atoms with van der Waals surface area (Å²) in [5.41, 5.74) is 0.572. The van der Waals surface area contributed by atoms with Crippen LogP contribution in [0.25, 0.3) is 10.9 Å². The molecule has 2 rings (SSSR count). The molecule has 1 heterocycles. The number of ether oxygens (including phenoxy) is 1. The third-order valence-corrected chi connectivity index (χ3v) is 3.14. The number of carboxylic acids is 1. The highest BCUT2D eigenvalue weighted by molar-refractivity contribution is 5.85. The summed E-state index contributed by atoms with van der Waals surface area (Å²) in [5.74, 6) is -1.60. The van der Waals surface area contributed by atoms with E-state index in [9.17, 15) is 19.1 Å². The van der Waals surface area contributed by atoms with Crippen LogP contribution in [-0.2, 0) is 16.0 Å². The van der Waals surface area contributed by atoms with Crippen LogP contribution in [0.15, 0.2) is 24.4 Å². The molecule has 1 amide bonds. The molecule has 124 valence electrons. The van der Waals surface area contributed by atoms with Gasteiger partial charge in [0, 0.05) is 23.5 Å². The zero-order valence-electron chi connectivity index (χ0n) is 13.1. The van der Waals surface area contributed by atoms with Gasteiger partial charge >= 0.3 is 12.1 Å². The summed E-state index contributed by atoms with van der Waals surface area (Å²) in [6, 6.07) is 3.04. The minimum atomic E-state index is -1.19. The van der Waals surface area contributed by atoms with E-state index in [4.69, 9.17) is 4.74 Å². The van der Waals surface area contributed by atoms with Gasteiger partial charge in [-0.05, 0) is 44.5 Å². The van der Waals surface area contributed by atoms with Crippen molar-refractivity contribution in [1.82, 2.24) is 10.3 Å². The normalized spacial score (nSPS) is 12.9. The van der Waals surface area contributed by atoms with Gasteiger partial charge in [0.1, 0.15) is 17.5 Å². The predicted molar refractivity (Wildman–Crippen MR) is 82.8 cm³/mol. The molecule has 0 unspecified atom stereocenters. The van der Waals surface area contributed by atoms with Crippen molar-refractivity contribution in [2.75, 3.05) is 0 Å². The average Bonchev–Trinajstić information content (AvgIpc) is 2.78. The van der Waals surface area contributed by atoms with Gasteiger partial charge < -0.3 is 20.1 Å². The lowest BCUT2D eigenvalue weighted by molar-refractivity contribution is -0.139. The Bertz CT molecular complexity index is 733. The van der Waals surface area contributed by atoms with Crippen LogP contribution in [0.5, 0.6) is 0 Å². The Labute approximate surface area is 132 Å². The van der Waals surface area contributed by atoms with Crippen LogP contribution >= 0.6 is 0 Å². The minimum absolute atomic E-state index is 0.0119. The number of fused-ring (bicyclic) bond motifs is 1. The van der Waals surface area contributed by atoms with Crippen LogP contribution in [0.3, 0.4) is 0 Å². The molecule has 0 saturated heterocycles. The standard InChI is InChI=1S/C16H19FN2O4/c1-16(2,3)23-15(22)19-13(14(20)21)6-9-8-18-12-5-4-10(17)7-11(9)12/h4-5,7-8,13,18H,6H2,1-3H3,(H,19,22)(H,20,21)/t13-/m0/s1. The second-order valence-corrected chi connectivity index (χ2v) is 6.24. The van der Waals surface area contributed by atoms with E-state index in [1.807, 2.05) is 0 Å². The number of aliphatic carboxylic acids is 1. The fraction of sp³-hybridized carbons (Fsp3) is 0.375. The second-order valence-electron chi connectivity index (χ2n) is 6.24. The maximum atomic E-state index is 13.4. The van der Waals surface area contributed by atoms with E-state index in [0.29, 0.717) is 16.5 Å². The van der Waals surface area contributed by atoms with Crippen LogP contribution < -0.4 is 5.32 Å². The third kappa shape index (κ3) is 4.45. The molecule has 0 radical (unpaired) electrons. The molecular formula is C16H19FN2O4. The molecule has 0 aliphatic rings. The Hall–Kier alpha value is -2.57. The van der Waals surface area contributed by atoms with Crippen molar-refractivity contribution in [3.8, 4) is 0 Å². The molecule has 0 aliphatic carbocycles. The van der Waals surface area contributed by atoms with Gasteiger partial charge in [0.2, 0.25) is 0 Å². The van der Waals surface area contributed by atoms with Crippen molar-refractivity contribution < 1.29 is 23.8 Å². The number of alkyl carbamates (subject to hydrolysis) is 1. The van der Waals surface area contributed by atoms with E-state index >= 15 is 0 Å². The number of aromatic amines is 1. The van der Waals surface area contributed by atoms with E-state index in [1.165, 1.54) is 12.1 Å². The Morgan fingerprint density at radius 2 is 2.09 bits per heavy atom. The molecule has 6 nitrogen and oxygen atoms in total. The molecule has 0 saturated carbocycles. The summed E-state index contributed by atoms with van der Waals surface area (Å²) in [6.07, 6.45) is 0.811. The number of carboxylic acid groups (broad SMARTS) is 1. The van der Waals surface area contributed by atoms with E-state index in [1.54, 1.807) is 33.0 Å². The summed E-state index contributed by atoms with van der Waals surface area (Å²) in [4.78, 5) is 26.1. The molecule has 0 fully saturated rings. The molecule has 23 heavy (non-hydrogen) atoms. The van der Waals surface area contributed by atoms with Crippen molar-refractivity contribution >= 4 is 23.0 Å².